The molecule has 0 heterocycles. The van der Waals surface area contributed by atoms with Gasteiger partial charge in [0, 0.05) is 0 Å². The molecule has 0 aliphatic heterocycles. The molecule has 2 N–H and O–H groups in total. The Hall–Kier alpha value is -0.910. The van der Waals surface area contributed by atoms with Gasteiger partial charge in [-0.1, -0.05) is 24.6 Å². The molecular formula is C11H17NO3S. The molecule has 0 saturated carbocycles. The van der Waals surface area contributed by atoms with E-state index in [1.807, 2.05) is 13.8 Å². The molecule has 5 heteroatoms. The van der Waals surface area contributed by atoms with Gasteiger partial charge >= 0.3 is 0 Å². The van der Waals surface area contributed by atoms with E-state index in [1.54, 1.807) is 12.1 Å². The Morgan fingerprint density at radius 3 is 2.38 bits per heavy atom. The van der Waals surface area contributed by atoms with Crippen LogP contribution in [-0.2, 0) is 14.3 Å². The minimum atomic E-state index is -3.64. The normalized spacial score (nSPS) is 13.7. The Labute approximate surface area is 96.5 Å². The van der Waals surface area contributed by atoms with Gasteiger partial charge in [-0.15, -0.1) is 0 Å². The first-order chi connectivity index (χ1) is 7.45. The van der Waals surface area contributed by atoms with Gasteiger partial charge in [-0.05, 0) is 31.5 Å². The number of hydrogen-bond acceptors (Lipinski definition) is 4. The topological polar surface area (TPSA) is 69.4 Å². The number of hydrogen-bond donors (Lipinski definition) is 1. The molecule has 0 aliphatic rings. The highest BCUT2D eigenvalue weighted by atomic mass is 32.2. The van der Waals surface area contributed by atoms with E-state index in [9.17, 15) is 8.42 Å². The SMILES string of the molecule is Cc1ccc(S(=O)(=O)OCC(C)CN)cc1. The lowest BCUT2D eigenvalue weighted by atomic mass is 10.2. The second-order valence-electron chi connectivity index (χ2n) is 3.89. The zero-order valence-electron chi connectivity index (χ0n) is 9.51. The fourth-order valence-corrected chi connectivity index (χ4v) is 2.06. The van der Waals surface area contributed by atoms with Gasteiger partial charge in [0.15, 0.2) is 0 Å². The van der Waals surface area contributed by atoms with E-state index in [2.05, 4.69) is 0 Å². The summed E-state index contributed by atoms with van der Waals surface area (Å²) in [6.45, 7) is 4.26. The highest BCUT2D eigenvalue weighted by Crippen LogP contribution is 2.13. The van der Waals surface area contributed by atoms with Gasteiger partial charge in [0.05, 0.1) is 11.5 Å². The molecule has 0 aliphatic carbocycles. The standard InChI is InChI=1S/C11H17NO3S/c1-9-3-5-11(6-4-9)16(13,14)15-8-10(2)7-12/h3-6,10H,7-8,12H2,1-2H3. The fraction of sp³-hybridized carbons (Fsp3) is 0.455. The molecule has 0 spiro atoms. The fourth-order valence-electron chi connectivity index (χ4n) is 1.05. The summed E-state index contributed by atoms with van der Waals surface area (Å²) >= 11 is 0. The molecule has 0 aromatic heterocycles. The van der Waals surface area contributed by atoms with Gasteiger partial charge in [0.25, 0.3) is 10.1 Å². The summed E-state index contributed by atoms with van der Waals surface area (Å²) in [5, 5.41) is 0. The third-order valence-corrected chi connectivity index (χ3v) is 3.52. The lowest BCUT2D eigenvalue weighted by Gasteiger charge is -2.09. The average Bonchev–Trinajstić information content (AvgIpc) is 2.26. The number of nitrogens with two attached hydrogens (primary N) is 1. The average molecular weight is 243 g/mol. The monoisotopic (exact) mass is 243 g/mol. The smallest absolute Gasteiger partial charge is 0.296 e. The molecule has 1 unspecified atom stereocenters. The summed E-state index contributed by atoms with van der Waals surface area (Å²) in [7, 11) is -3.64. The number of benzene rings is 1. The first-order valence-electron chi connectivity index (χ1n) is 5.12. The van der Waals surface area contributed by atoms with Crippen LogP contribution in [0.15, 0.2) is 29.2 Å². The van der Waals surface area contributed by atoms with Gasteiger partial charge in [-0.2, -0.15) is 8.42 Å². The van der Waals surface area contributed by atoms with Gasteiger partial charge in [-0.25, -0.2) is 0 Å². The van der Waals surface area contributed by atoms with Gasteiger partial charge < -0.3 is 5.73 Å². The van der Waals surface area contributed by atoms with E-state index < -0.39 is 10.1 Å². The van der Waals surface area contributed by atoms with E-state index in [0.29, 0.717) is 6.54 Å². The van der Waals surface area contributed by atoms with Crippen molar-refractivity contribution in [1.29, 1.82) is 0 Å². The maximum atomic E-state index is 11.7. The van der Waals surface area contributed by atoms with Crippen molar-refractivity contribution >= 4 is 10.1 Å². The van der Waals surface area contributed by atoms with Crippen molar-refractivity contribution in [3.8, 4) is 0 Å². The van der Waals surface area contributed by atoms with Crippen LogP contribution in [0, 0.1) is 12.8 Å². The molecule has 1 atom stereocenters. The molecule has 0 amide bonds. The lowest BCUT2D eigenvalue weighted by Crippen LogP contribution is -2.19. The summed E-state index contributed by atoms with van der Waals surface area (Å²) in [4.78, 5) is 0.183. The highest BCUT2D eigenvalue weighted by Gasteiger charge is 2.15. The van der Waals surface area contributed by atoms with Gasteiger partial charge in [-0.3, -0.25) is 4.18 Å². The van der Waals surface area contributed by atoms with Crippen molar-refractivity contribution in [3.63, 3.8) is 0 Å². The summed E-state index contributed by atoms with van der Waals surface area (Å²) < 4.78 is 28.3. The summed E-state index contributed by atoms with van der Waals surface area (Å²) in [6.07, 6.45) is 0. The van der Waals surface area contributed by atoms with Crippen molar-refractivity contribution < 1.29 is 12.6 Å². The third kappa shape index (κ3) is 3.59. The maximum Gasteiger partial charge on any atom is 0.296 e. The molecule has 0 fully saturated rings. The largest absolute Gasteiger partial charge is 0.330 e. The molecule has 0 radical (unpaired) electrons. The predicted octanol–water partition coefficient (Wildman–Crippen LogP) is 1.30. The van der Waals surface area contributed by atoms with Crippen LogP contribution in [-0.4, -0.2) is 21.6 Å². The van der Waals surface area contributed by atoms with Crippen LogP contribution in [0.4, 0.5) is 0 Å². The van der Waals surface area contributed by atoms with Crippen LogP contribution < -0.4 is 5.73 Å². The van der Waals surface area contributed by atoms with Crippen molar-refractivity contribution in [1.82, 2.24) is 0 Å². The molecule has 1 aromatic rings. The number of rotatable bonds is 5. The second-order valence-corrected chi connectivity index (χ2v) is 5.51. The van der Waals surface area contributed by atoms with Crippen molar-refractivity contribution in [2.24, 2.45) is 11.7 Å². The minimum absolute atomic E-state index is 0.0280. The third-order valence-electron chi connectivity index (χ3n) is 2.22. The van der Waals surface area contributed by atoms with Crippen molar-refractivity contribution in [2.75, 3.05) is 13.2 Å². The lowest BCUT2D eigenvalue weighted by molar-refractivity contribution is 0.268. The Kier molecular flexibility index (Phi) is 4.46. The Morgan fingerprint density at radius 2 is 1.88 bits per heavy atom. The summed E-state index contributed by atoms with van der Waals surface area (Å²) in [5.41, 5.74) is 6.39. The maximum absolute atomic E-state index is 11.7. The summed E-state index contributed by atoms with van der Waals surface area (Å²) in [6, 6.07) is 6.56. The zero-order valence-corrected chi connectivity index (χ0v) is 10.3. The molecule has 0 bridgehead atoms. The van der Waals surface area contributed by atoms with E-state index in [4.69, 9.17) is 9.92 Å². The molecule has 1 aromatic carbocycles. The van der Waals surface area contributed by atoms with E-state index >= 15 is 0 Å². The zero-order chi connectivity index (χ0) is 12.2. The van der Waals surface area contributed by atoms with Crippen LogP contribution in [0.5, 0.6) is 0 Å². The molecule has 1 rings (SSSR count). The van der Waals surface area contributed by atoms with Crippen molar-refractivity contribution in [3.05, 3.63) is 29.8 Å². The van der Waals surface area contributed by atoms with Crippen LogP contribution in [0.2, 0.25) is 0 Å². The van der Waals surface area contributed by atoms with Crippen LogP contribution in [0.1, 0.15) is 12.5 Å². The Balaban J connectivity index is 2.74. The van der Waals surface area contributed by atoms with E-state index in [0.717, 1.165) is 5.56 Å². The first kappa shape index (κ1) is 13.2. The van der Waals surface area contributed by atoms with E-state index in [1.165, 1.54) is 12.1 Å². The Bertz CT molecular complexity index is 425. The molecule has 4 nitrogen and oxygen atoms in total. The van der Waals surface area contributed by atoms with Crippen LogP contribution in [0.3, 0.4) is 0 Å². The quantitative estimate of drug-likeness (QED) is 0.791. The highest BCUT2D eigenvalue weighted by molar-refractivity contribution is 7.86. The van der Waals surface area contributed by atoms with Gasteiger partial charge in [0.1, 0.15) is 0 Å². The molecular weight excluding hydrogens is 226 g/mol. The van der Waals surface area contributed by atoms with Crippen LogP contribution >= 0.6 is 0 Å². The van der Waals surface area contributed by atoms with Crippen LogP contribution in [0.25, 0.3) is 0 Å². The summed E-state index contributed by atoms with van der Waals surface area (Å²) in [5.74, 6) is 0.0280. The van der Waals surface area contributed by atoms with Gasteiger partial charge in [0.2, 0.25) is 0 Å². The predicted molar refractivity (Wildman–Crippen MR) is 62.5 cm³/mol. The molecule has 0 saturated heterocycles. The molecule has 16 heavy (non-hydrogen) atoms. The number of aryl methyl sites for hydroxylation is 1. The first-order valence-corrected chi connectivity index (χ1v) is 6.52. The Morgan fingerprint density at radius 1 is 1.31 bits per heavy atom. The van der Waals surface area contributed by atoms with Crippen molar-refractivity contribution in [2.45, 2.75) is 18.7 Å². The molecule has 90 valence electrons. The minimum Gasteiger partial charge on any atom is -0.330 e. The second kappa shape index (κ2) is 5.43. The van der Waals surface area contributed by atoms with E-state index in [-0.39, 0.29) is 17.4 Å².